The summed E-state index contributed by atoms with van der Waals surface area (Å²) in [4.78, 5) is -0.0580. The van der Waals surface area contributed by atoms with Crippen molar-refractivity contribution in [3.8, 4) is 5.75 Å². The number of sulfonamides is 1. The second-order valence-electron chi connectivity index (χ2n) is 5.64. The molecule has 1 aliphatic rings. The van der Waals surface area contributed by atoms with E-state index in [-0.39, 0.29) is 16.9 Å². The van der Waals surface area contributed by atoms with Crippen LogP contribution in [0.15, 0.2) is 29.2 Å². The van der Waals surface area contributed by atoms with Gasteiger partial charge in [0, 0.05) is 19.1 Å². The van der Waals surface area contributed by atoms with E-state index in [0.29, 0.717) is 19.5 Å². The van der Waals surface area contributed by atoms with Gasteiger partial charge in [-0.2, -0.15) is 4.31 Å². The van der Waals surface area contributed by atoms with Crippen molar-refractivity contribution in [1.29, 1.82) is 0 Å². The summed E-state index contributed by atoms with van der Waals surface area (Å²) in [6, 6.07) is 4.11. The Morgan fingerprint density at radius 3 is 2.43 bits per heavy atom. The number of halogens is 3. The van der Waals surface area contributed by atoms with Gasteiger partial charge in [-0.05, 0) is 49.9 Å². The molecule has 1 aromatic rings. The third-order valence-electron chi connectivity index (χ3n) is 3.86. The van der Waals surface area contributed by atoms with E-state index in [1.54, 1.807) is 0 Å². The highest BCUT2D eigenvalue weighted by Crippen LogP contribution is 2.27. The van der Waals surface area contributed by atoms with Crippen LogP contribution < -0.4 is 10.5 Å². The summed E-state index contributed by atoms with van der Waals surface area (Å²) in [5.41, 5.74) is 5.85. The highest BCUT2D eigenvalue weighted by Gasteiger charge is 2.33. The topological polar surface area (TPSA) is 72.6 Å². The molecular weight excluding hydrogens is 333 g/mol. The molecule has 2 rings (SSSR count). The lowest BCUT2D eigenvalue weighted by Gasteiger charge is -2.33. The Kier molecular flexibility index (Phi) is 5.22. The lowest BCUT2D eigenvalue weighted by atomic mass is 9.93. The van der Waals surface area contributed by atoms with E-state index in [1.807, 2.05) is 6.92 Å². The molecule has 1 saturated heterocycles. The van der Waals surface area contributed by atoms with Crippen molar-refractivity contribution in [3.63, 3.8) is 0 Å². The van der Waals surface area contributed by atoms with E-state index in [9.17, 15) is 21.6 Å². The van der Waals surface area contributed by atoms with Crippen LogP contribution in [0.1, 0.15) is 19.8 Å². The summed E-state index contributed by atoms with van der Waals surface area (Å²) < 4.78 is 66.6. The van der Waals surface area contributed by atoms with Crippen LogP contribution in [0.2, 0.25) is 0 Å². The van der Waals surface area contributed by atoms with Crippen molar-refractivity contribution in [2.24, 2.45) is 11.7 Å². The molecule has 0 aliphatic carbocycles. The largest absolute Gasteiger partial charge is 0.573 e. The fourth-order valence-electron chi connectivity index (χ4n) is 2.58. The zero-order chi connectivity index (χ0) is 17.3. The molecule has 5 nitrogen and oxygen atoms in total. The zero-order valence-electron chi connectivity index (χ0n) is 12.6. The molecule has 0 aromatic heterocycles. The third-order valence-corrected chi connectivity index (χ3v) is 5.74. The van der Waals surface area contributed by atoms with E-state index < -0.39 is 22.1 Å². The van der Waals surface area contributed by atoms with Crippen LogP contribution in [0.25, 0.3) is 0 Å². The van der Waals surface area contributed by atoms with Gasteiger partial charge >= 0.3 is 6.36 Å². The molecule has 130 valence electrons. The van der Waals surface area contributed by atoms with Crippen LogP contribution in [-0.2, 0) is 10.0 Å². The molecule has 0 bridgehead atoms. The van der Waals surface area contributed by atoms with Crippen molar-refractivity contribution in [1.82, 2.24) is 4.31 Å². The number of rotatable bonds is 4. The standard InChI is InChI=1S/C14H19F3N2O3S/c1-10(18)11-3-2-8-19(9-11)23(20,21)13-6-4-12(5-7-13)22-14(15,16)17/h4-7,10-11H,2-3,8-9,18H2,1H3/t10-,11+/m0/s1. The minimum atomic E-state index is -4.81. The normalized spacial score (nSPS) is 21.9. The Morgan fingerprint density at radius 1 is 1.30 bits per heavy atom. The number of hydrogen-bond acceptors (Lipinski definition) is 4. The average molecular weight is 352 g/mol. The van der Waals surface area contributed by atoms with Crippen molar-refractivity contribution in [3.05, 3.63) is 24.3 Å². The van der Waals surface area contributed by atoms with Crippen LogP contribution in [0.3, 0.4) is 0 Å². The monoisotopic (exact) mass is 352 g/mol. The molecule has 9 heteroatoms. The number of hydrogen-bond donors (Lipinski definition) is 1. The van der Waals surface area contributed by atoms with Crippen LogP contribution in [-0.4, -0.2) is 38.2 Å². The second-order valence-corrected chi connectivity index (χ2v) is 7.58. The van der Waals surface area contributed by atoms with Gasteiger partial charge in [0.1, 0.15) is 5.75 Å². The van der Waals surface area contributed by atoms with Crippen LogP contribution in [0, 0.1) is 5.92 Å². The molecular formula is C14H19F3N2O3S. The fraction of sp³-hybridized carbons (Fsp3) is 0.571. The third kappa shape index (κ3) is 4.58. The Balaban J connectivity index is 2.16. The Hall–Kier alpha value is -1.32. The Labute approximate surface area is 133 Å². The molecule has 1 aromatic carbocycles. The molecule has 0 radical (unpaired) electrons. The average Bonchev–Trinajstić information content (AvgIpc) is 2.46. The SMILES string of the molecule is C[C@H](N)[C@@H]1CCCN(S(=O)(=O)c2ccc(OC(F)(F)F)cc2)C1. The van der Waals surface area contributed by atoms with Gasteiger partial charge < -0.3 is 10.5 Å². The predicted octanol–water partition coefficient (Wildman–Crippen LogP) is 2.33. The lowest BCUT2D eigenvalue weighted by Crippen LogP contribution is -2.44. The maximum atomic E-state index is 12.6. The van der Waals surface area contributed by atoms with Gasteiger partial charge in [0.05, 0.1) is 4.90 Å². The Morgan fingerprint density at radius 2 is 1.91 bits per heavy atom. The summed E-state index contributed by atoms with van der Waals surface area (Å²) in [5.74, 6) is -0.380. The van der Waals surface area contributed by atoms with Gasteiger partial charge in [-0.1, -0.05) is 0 Å². The summed E-state index contributed by atoms with van der Waals surface area (Å²) in [6.07, 6.45) is -3.24. The molecule has 23 heavy (non-hydrogen) atoms. The van der Waals surface area contributed by atoms with Gasteiger partial charge in [-0.25, -0.2) is 8.42 Å². The van der Waals surface area contributed by atoms with Crippen molar-refractivity contribution in [2.45, 2.75) is 37.1 Å². The number of nitrogens with two attached hydrogens (primary N) is 1. The van der Waals surface area contributed by atoms with Gasteiger partial charge in [-0.15, -0.1) is 13.2 Å². The minimum Gasteiger partial charge on any atom is -0.406 e. The summed E-state index contributed by atoms with van der Waals surface area (Å²) in [6.45, 7) is 2.54. The van der Waals surface area contributed by atoms with Gasteiger partial charge in [-0.3, -0.25) is 0 Å². The molecule has 1 fully saturated rings. The molecule has 1 heterocycles. The van der Waals surface area contributed by atoms with E-state index in [1.165, 1.54) is 4.31 Å². The van der Waals surface area contributed by atoms with E-state index in [2.05, 4.69) is 4.74 Å². The number of piperidine rings is 1. The van der Waals surface area contributed by atoms with Gasteiger partial charge in [0.25, 0.3) is 0 Å². The van der Waals surface area contributed by atoms with Crippen LogP contribution in [0.5, 0.6) is 5.75 Å². The number of nitrogens with zero attached hydrogens (tertiary/aromatic N) is 1. The smallest absolute Gasteiger partial charge is 0.406 e. The number of benzene rings is 1. The molecule has 0 saturated carbocycles. The lowest BCUT2D eigenvalue weighted by molar-refractivity contribution is -0.274. The van der Waals surface area contributed by atoms with Crippen molar-refractivity contribution < 1.29 is 26.3 Å². The van der Waals surface area contributed by atoms with E-state index in [0.717, 1.165) is 30.7 Å². The molecule has 0 spiro atoms. The summed E-state index contributed by atoms with van der Waals surface area (Å²) >= 11 is 0. The molecule has 2 N–H and O–H groups in total. The maximum Gasteiger partial charge on any atom is 0.573 e. The minimum absolute atomic E-state index is 0.0580. The van der Waals surface area contributed by atoms with Gasteiger partial charge in [0.2, 0.25) is 10.0 Å². The Bertz CT molecular complexity index is 630. The summed E-state index contributed by atoms with van der Waals surface area (Å²) in [7, 11) is -3.75. The first-order chi connectivity index (χ1) is 10.6. The fourth-order valence-corrected chi connectivity index (χ4v) is 4.12. The quantitative estimate of drug-likeness (QED) is 0.903. The highest BCUT2D eigenvalue weighted by molar-refractivity contribution is 7.89. The first kappa shape index (κ1) is 18.0. The first-order valence-corrected chi connectivity index (χ1v) is 8.65. The second kappa shape index (κ2) is 6.66. The number of ether oxygens (including phenoxy) is 1. The van der Waals surface area contributed by atoms with Gasteiger partial charge in [0.15, 0.2) is 0 Å². The van der Waals surface area contributed by atoms with Crippen LogP contribution in [0.4, 0.5) is 13.2 Å². The molecule has 1 aliphatic heterocycles. The molecule has 2 atom stereocenters. The summed E-state index contributed by atoms with van der Waals surface area (Å²) in [5, 5.41) is 0. The van der Waals surface area contributed by atoms with E-state index in [4.69, 9.17) is 5.73 Å². The van der Waals surface area contributed by atoms with E-state index >= 15 is 0 Å². The van der Waals surface area contributed by atoms with Crippen molar-refractivity contribution in [2.75, 3.05) is 13.1 Å². The van der Waals surface area contributed by atoms with Crippen molar-refractivity contribution >= 4 is 10.0 Å². The predicted molar refractivity (Wildman–Crippen MR) is 78.3 cm³/mol. The zero-order valence-corrected chi connectivity index (χ0v) is 13.4. The molecule has 0 unspecified atom stereocenters. The highest BCUT2D eigenvalue weighted by atomic mass is 32.2. The van der Waals surface area contributed by atoms with Crippen LogP contribution >= 0.6 is 0 Å². The first-order valence-electron chi connectivity index (χ1n) is 7.21. The maximum absolute atomic E-state index is 12.6. The molecule has 0 amide bonds. The number of alkyl halides is 3.